The maximum Gasteiger partial charge on any atom is 0.348 e. The molecule has 0 bridgehead atoms. The first-order valence-corrected chi connectivity index (χ1v) is 9.61. The van der Waals surface area contributed by atoms with Crippen LogP contribution in [0.1, 0.15) is 50.0 Å². The van der Waals surface area contributed by atoms with Gasteiger partial charge in [0, 0.05) is 5.56 Å². The van der Waals surface area contributed by atoms with E-state index in [4.69, 9.17) is 24.4 Å². The van der Waals surface area contributed by atoms with E-state index < -0.39 is 36.5 Å². The van der Waals surface area contributed by atoms with Crippen molar-refractivity contribution in [3.8, 4) is 0 Å². The molecule has 162 valence electrons. The number of furan rings is 1. The molecule has 0 aliphatic heterocycles. The molecule has 1 amide bonds. The third-order valence-electron chi connectivity index (χ3n) is 4.11. The van der Waals surface area contributed by atoms with Crippen LogP contribution in [0.3, 0.4) is 0 Å². The standard InChI is InChI=1S/C19H22N2O8S/c1-9(2)13(21-16(22)11-6-5-7-28-11)18(24)29-8-10-12(17(23)26-3)15(20)30-14(10)19(25)27-4/h5-7,9,13H,8,20H2,1-4H3,(H,21,22)/t13-/m0/s1. The molecular formula is C19H22N2O8S. The Kier molecular flexibility index (Phi) is 7.59. The molecular weight excluding hydrogens is 416 g/mol. The summed E-state index contributed by atoms with van der Waals surface area (Å²) >= 11 is 0.822. The summed E-state index contributed by atoms with van der Waals surface area (Å²) in [6.45, 7) is 2.99. The minimum Gasteiger partial charge on any atom is -0.465 e. The number of methoxy groups -OCH3 is 2. The number of amides is 1. The predicted octanol–water partition coefficient (Wildman–Crippen LogP) is 1.99. The second-order valence-electron chi connectivity index (χ2n) is 6.41. The molecule has 0 saturated heterocycles. The zero-order valence-electron chi connectivity index (χ0n) is 16.8. The Morgan fingerprint density at radius 3 is 2.37 bits per heavy atom. The summed E-state index contributed by atoms with van der Waals surface area (Å²) in [5.41, 5.74) is 5.85. The fraction of sp³-hybridized carbons (Fsp3) is 0.368. The number of rotatable bonds is 8. The van der Waals surface area contributed by atoms with E-state index in [0.29, 0.717) is 0 Å². The number of thiophene rings is 1. The second-order valence-corrected chi connectivity index (χ2v) is 7.46. The molecule has 2 heterocycles. The fourth-order valence-electron chi connectivity index (χ4n) is 2.56. The molecule has 2 aromatic heterocycles. The van der Waals surface area contributed by atoms with E-state index in [1.165, 1.54) is 19.4 Å². The summed E-state index contributed by atoms with van der Waals surface area (Å²) in [6, 6.07) is 2.00. The Labute approximate surface area is 176 Å². The number of esters is 3. The number of carbonyl (C=O) groups excluding carboxylic acids is 4. The lowest BCUT2D eigenvalue weighted by molar-refractivity contribution is -0.148. The maximum absolute atomic E-state index is 12.6. The highest BCUT2D eigenvalue weighted by atomic mass is 32.1. The quantitative estimate of drug-likeness (QED) is 0.466. The van der Waals surface area contributed by atoms with Gasteiger partial charge in [-0.15, -0.1) is 11.3 Å². The van der Waals surface area contributed by atoms with Crippen molar-refractivity contribution >= 4 is 40.2 Å². The lowest BCUT2D eigenvalue weighted by atomic mass is 10.0. The van der Waals surface area contributed by atoms with E-state index in [9.17, 15) is 19.2 Å². The van der Waals surface area contributed by atoms with Gasteiger partial charge in [0.05, 0.1) is 20.5 Å². The van der Waals surface area contributed by atoms with Crippen LogP contribution in [0.15, 0.2) is 22.8 Å². The van der Waals surface area contributed by atoms with Crippen LogP contribution < -0.4 is 11.1 Å². The van der Waals surface area contributed by atoms with Gasteiger partial charge in [0.25, 0.3) is 5.91 Å². The van der Waals surface area contributed by atoms with Crippen LogP contribution in [-0.2, 0) is 25.6 Å². The molecule has 0 aliphatic rings. The summed E-state index contributed by atoms with van der Waals surface area (Å²) < 4.78 is 19.7. The van der Waals surface area contributed by atoms with Crippen molar-refractivity contribution in [1.82, 2.24) is 5.32 Å². The van der Waals surface area contributed by atoms with Crippen molar-refractivity contribution in [2.75, 3.05) is 20.0 Å². The van der Waals surface area contributed by atoms with E-state index >= 15 is 0 Å². The highest BCUT2D eigenvalue weighted by Crippen LogP contribution is 2.33. The van der Waals surface area contributed by atoms with Gasteiger partial charge in [0.15, 0.2) is 5.76 Å². The molecule has 0 unspecified atom stereocenters. The molecule has 0 spiro atoms. The fourth-order valence-corrected chi connectivity index (χ4v) is 3.54. The van der Waals surface area contributed by atoms with E-state index in [2.05, 4.69) is 5.32 Å². The predicted molar refractivity (Wildman–Crippen MR) is 106 cm³/mol. The summed E-state index contributed by atoms with van der Waals surface area (Å²) in [4.78, 5) is 49.0. The molecule has 3 N–H and O–H groups in total. The first-order chi connectivity index (χ1) is 14.2. The number of ether oxygens (including phenoxy) is 3. The van der Waals surface area contributed by atoms with Gasteiger partial charge >= 0.3 is 17.9 Å². The normalized spacial score (nSPS) is 11.6. The number of hydrogen-bond acceptors (Lipinski definition) is 10. The van der Waals surface area contributed by atoms with Crippen LogP contribution in [0.2, 0.25) is 0 Å². The van der Waals surface area contributed by atoms with Crippen molar-refractivity contribution in [2.24, 2.45) is 5.92 Å². The number of nitrogen functional groups attached to an aromatic ring is 1. The van der Waals surface area contributed by atoms with Gasteiger partial charge in [-0.2, -0.15) is 0 Å². The Morgan fingerprint density at radius 2 is 1.83 bits per heavy atom. The van der Waals surface area contributed by atoms with Crippen molar-refractivity contribution < 1.29 is 37.8 Å². The minimum atomic E-state index is -0.998. The third kappa shape index (κ3) is 4.98. The molecule has 0 aromatic carbocycles. The molecule has 30 heavy (non-hydrogen) atoms. The minimum absolute atomic E-state index is 0.0175. The highest BCUT2D eigenvalue weighted by molar-refractivity contribution is 7.18. The molecule has 0 aliphatic carbocycles. The van der Waals surface area contributed by atoms with Crippen molar-refractivity contribution in [3.05, 3.63) is 40.2 Å². The Balaban J connectivity index is 2.23. The van der Waals surface area contributed by atoms with Crippen LogP contribution in [-0.4, -0.2) is 44.1 Å². The first kappa shape index (κ1) is 22.9. The van der Waals surface area contributed by atoms with Crippen LogP contribution in [0, 0.1) is 5.92 Å². The number of hydrogen-bond donors (Lipinski definition) is 2. The zero-order valence-corrected chi connectivity index (χ0v) is 17.7. The maximum atomic E-state index is 12.6. The van der Waals surface area contributed by atoms with Gasteiger partial charge in [-0.1, -0.05) is 13.8 Å². The zero-order chi connectivity index (χ0) is 22.4. The SMILES string of the molecule is COC(=O)c1sc(N)c(C(=O)OC)c1COC(=O)[C@@H](NC(=O)c1ccco1)C(C)C. The van der Waals surface area contributed by atoms with Gasteiger partial charge in [-0.05, 0) is 18.1 Å². The molecule has 0 radical (unpaired) electrons. The molecule has 1 atom stereocenters. The van der Waals surface area contributed by atoms with E-state index in [1.807, 2.05) is 0 Å². The number of nitrogens with one attached hydrogen (secondary N) is 1. The molecule has 0 fully saturated rings. The van der Waals surface area contributed by atoms with E-state index in [0.717, 1.165) is 18.4 Å². The van der Waals surface area contributed by atoms with Crippen LogP contribution >= 0.6 is 11.3 Å². The van der Waals surface area contributed by atoms with Crippen molar-refractivity contribution in [1.29, 1.82) is 0 Å². The Bertz CT molecular complexity index is 933. The number of carbonyl (C=O) groups is 4. The van der Waals surface area contributed by atoms with Gasteiger partial charge < -0.3 is 29.7 Å². The van der Waals surface area contributed by atoms with Gasteiger partial charge in [0.2, 0.25) is 0 Å². The molecule has 10 nitrogen and oxygen atoms in total. The summed E-state index contributed by atoms with van der Waals surface area (Å²) in [5, 5.41) is 2.57. The lowest BCUT2D eigenvalue weighted by Crippen LogP contribution is -2.45. The molecule has 2 rings (SSSR count). The van der Waals surface area contributed by atoms with Crippen LogP contribution in [0.5, 0.6) is 0 Å². The van der Waals surface area contributed by atoms with Gasteiger partial charge in [0.1, 0.15) is 28.1 Å². The highest BCUT2D eigenvalue weighted by Gasteiger charge is 2.31. The lowest BCUT2D eigenvalue weighted by Gasteiger charge is -2.20. The monoisotopic (exact) mass is 438 g/mol. The Hall–Kier alpha value is -3.34. The molecule has 0 saturated carbocycles. The van der Waals surface area contributed by atoms with Gasteiger partial charge in [-0.25, -0.2) is 14.4 Å². The largest absolute Gasteiger partial charge is 0.465 e. The van der Waals surface area contributed by atoms with E-state index in [1.54, 1.807) is 19.9 Å². The molecule has 2 aromatic rings. The number of nitrogens with two attached hydrogens (primary N) is 1. The van der Waals surface area contributed by atoms with Crippen LogP contribution in [0.4, 0.5) is 5.00 Å². The smallest absolute Gasteiger partial charge is 0.348 e. The molecule has 11 heteroatoms. The summed E-state index contributed by atoms with van der Waals surface area (Å²) in [7, 11) is 2.33. The van der Waals surface area contributed by atoms with E-state index in [-0.39, 0.29) is 32.7 Å². The Morgan fingerprint density at radius 1 is 1.17 bits per heavy atom. The average molecular weight is 438 g/mol. The average Bonchev–Trinajstić information content (AvgIpc) is 3.36. The summed E-state index contributed by atoms with van der Waals surface area (Å²) in [6.07, 6.45) is 1.33. The topological polar surface area (TPSA) is 147 Å². The van der Waals surface area contributed by atoms with Crippen molar-refractivity contribution in [2.45, 2.75) is 26.5 Å². The second kappa shape index (κ2) is 9.92. The van der Waals surface area contributed by atoms with Crippen molar-refractivity contribution in [3.63, 3.8) is 0 Å². The number of anilines is 1. The van der Waals surface area contributed by atoms with Crippen LogP contribution in [0.25, 0.3) is 0 Å². The van der Waals surface area contributed by atoms with Gasteiger partial charge in [-0.3, -0.25) is 4.79 Å². The first-order valence-electron chi connectivity index (χ1n) is 8.80. The third-order valence-corrected chi connectivity index (χ3v) is 5.15. The summed E-state index contributed by atoms with van der Waals surface area (Å²) in [5.74, 6) is -3.14.